The molecule has 0 atom stereocenters. The van der Waals surface area contributed by atoms with Gasteiger partial charge in [0.1, 0.15) is 5.75 Å². The van der Waals surface area contributed by atoms with Crippen molar-refractivity contribution in [1.82, 2.24) is 0 Å². The van der Waals surface area contributed by atoms with Crippen LogP contribution in [0.2, 0.25) is 0 Å². The normalized spacial score (nSPS) is 14.9. The quantitative estimate of drug-likeness (QED) is 0.719. The maximum atomic E-state index is 9.27. The fraction of sp³-hybridized carbons (Fsp3) is 0.333. The summed E-state index contributed by atoms with van der Waals surface area (Å²) in [6, 6.07) is 5.55. The van der Waals surface area contributed by atoms with Gasteiger partial charge in [0.05, 0.1) is 11.6 Å². The largest absolute Gasteiger partial charge is 0.508 e. The lowest BCUT2D eigenvalue weighted by atomic mass is 10.3. The van der Waals surface area contributed by atoms with Crippen LogP contribution in [0.3, 0.4) is 0 Å². The molecule has 1 aliphatic heterocycles. The van der Waals surface area contributed by atoms with Crippen LogP contribution < -0.4 is 4.90 Å². The second-order valence-electron chi connectivity index (χ2n) is 2.78. The number of benzene rings is 1. The molecule has 0 aromatic heterocycles. The van der Waals surface area contributed by atoms with Crippen LogP contribution in [-0.2, 0) is 0 Å². The van der Waals surface area contributed by atoms with Gasteiger partial charge in [0.25, 0.3) is 0 Å². The minimum Gasteiger partial charge on any atom is -0.508 e. The van der Waals surface area contributed by atoms with Gasteiger partial charge in [-0.2, -0.15) is 0 Å². The standard InChI is InChI=1S/C9H11NOS/c1-2-10-6-12-9-4-3-7(11)5-8(9)10/h3-5,11H,2,6H2,1H3. The van der Waals surface area contributed by atoms with Gasteiger partial charge in [-0.3, -0.25) is 0 Å². The molecule has 1 aliphatic rings. The molecule has 1 aromatic rings. The SMILES string of the molecule is CCN1CSc2ccc(O)cc21. The van der Waals surface area contributed by atoms with Crippen LogP contribution in [-0.4, -0.2) is 17.5 Å². The fourth-order valence-corrected chi connectivity index (χ4v) is 2.47. The van der Waals surface area contributed by atoms with Crippen LogP contribution in [0.4, 0.5) is 5.69 Å². The molecule has 0 spiro atoms. The van der Waals surface area contributed by atoms with Crippen molar-refractivity contribution in [1.29, 1.82) is 0 Å². The van der Waals surface area contributed by atoms with E-state index in [9.17, 15) is 5.11 Å². The van der Waals surface area contributed by atoms with Crippen LogP contribution in [0, 0.1) is 0 Å². The van der Waals surface area contributed by atoms with Crippen molar-refractivity contribution < 1.29 is 5.11 Å². The number of hydrogen-bond acceptors (Lipinski definition) is 3. The van der Waals surface area contributed by atoms with Gasteiger partial charge >= 0.3 is 0 Å². The Bertz CT molecular complexity index is 301. The third-order valence-corrected chi connectivity index (χ3v) is 3.14. The summed E-state index contributed by atoms with van der Waals surface area (Å²) in [5.41, 5.74) is 1.17. The van der Waals surface area contributed by atoms with E-state index in [0.29, 0.717) is 5.75 Å². The lowest BCUT2D eigenvalue weighted by Crippen LogP contribution is -2.17. The lowest BCUT2D eigenvalue weighted by Gasteiger charge is -2.14. The minimum atomic E-state index is 0.356. The summed E-state index contributed by atoms with van der Waals surface area (Å²) in [6.07, 6.45) is 0. The van der Waals surface area contributed by atoms with Gasteiger partial charge in [-0.05, 0) is 19.1 Å². The zero-order valence-electron chi connectivity index (χ0n) is 6.95. The highest BCUT2D eigenvalue weighted by atomic mass is 32.2. The highest BCUT2D eigenvalue weighted by Crippen LogP contribution is 2.39. The Morgan fingerprint density at radius 2 is 2.42 bits per heavy atom. The first-order valence-electron chi connectivity index (χ1n) is 4.02. The molecule has 64 valence electrons. The van der Waals surface area contributed by atoms with Crippen molar-refractivity contribution in [3.63, 3.8) is 0 Å². The molecule has 0 saturated heterocycles. The summed E-state index contributed by atoms with van der Waals surface area (Å²) in [5, 5.41) is 9.27. The van der Waals surface area contributed by atoms with Crippen LogP contribution in [0.25, 0.3) is 0 Å². The van der Waals surface area contributed by atoms with Crippen molar-refractivity contribution >= 4 is 17.4 Å². The zero-order valence-corrected chi connectivity index (χ0v) is 7.77. The Kier molecular flexibility index (Phi) is 1.89. The van der Waals surface area contributed by atoms with E-state index in [-0.39, 0.29) is 0 Å². The summed E-state index contributed by atoms with van der Waals surface area (Å²) < 4.78 is 0. The highest BCUT2D eigenvalue weighted by Gasteiger charge is 2.17. The Morgan fingerprint density at radius 3 is 3.17 bits per heavy atom. The number of hydrogen-bond donors (Lipinski definition) is 1. The predicted octanol–water partition coefficient (Wildman–Crippen LogP) is 2.28. The predicted molar refractivity (Wildman–Crippen MR) is 51.9 cm³/mol. The number of fused-ring (bicyclic) bond motifs is 1. The van der Waals surface area contributed by atoms with E-state index in [0.717, 1.165) is 12.4 Å². The number of phenols is 1. The maximum Gasteiger partial charge on any atom is 0.117 e. The number of aromatic hydroxyl groups is 1. The summed E-state index contributed by atoms with van der Waals surface area (Å²) in [4.78, 5) is 3.52. The van der Waals surface area contributed by atoms with Gasteiger partial charge in [0.2, 0.25) is 0 Å². The Labute approximate surface area is 76.2 Å². The molecule has 0 aliphatic carbocycles. The first-order chi connectivity index (χ1) is 5.81. The van der Waals surface area contributed by atoms with Crippen molar-refractivity contribution in [2.24, 2.45) is 0 Å². The molecule has 0 saturated carbocycles. The molecule has 1 heterocycles. The third-order valence-electron chi connectivity index (χ3n) is 2.04. The van der Waals surface area contributed by atoms with E-state index >= 15 is 0 Å². The molecule has 0 fully saturated rings. The average molecular weight is 181 g/mol. The molecular formula is C9H11NOS. The van der Waals surface area contributed by atoms with Crippen LogP contribution in [0.5, 0.6) is 5.75 Å². The number of phenolic OH excluding ortho intramolecular Hbond substituents is 1. The first kappa shape index (κ1) is 7.80. The number of nitrogens with zero attached hydrogens (tertiary/aromatic N) is 1. The molecule has 0 radical (unpaired) electrons. The molecule has 0 unspecified atom stereocenters. The summed E-state index contributed by atoms with van der Waals surface area (Å²) >= 11 is 1.82. The van der Waals surface area contributed by atoms with Crippen molar-refractivity contribution in [3.8, 4) is 5.75 Å². The van der Waals surface area contributed by atoms with Crippen LogP contribution in [0.15, 0.2) is 23.1 Å². The molecule has 0 bridgehead atoms. The topological polar surface area (TPSA) is 23.5 Å². The van der Waals surface area contributed by atoms with Gasteiger partial charge < -0.3 is 10.0 Å². The summed E-state index contributed by atoms with van der Waals surface area (Å²) in [7, 11) is 0. The Morgan fingerprint density at radius 1 is 1.58 bits per heavy atom. The lowest BCUT2D eigenvalue weighted by molar-refractivity contribution is 0.475. The maximum absolute atomic E-state index is 9.27. The molecule has 12 heavy (non-hydrogen) atoms. The van der Waals surface area contributed by atoms with Crippen molar-refractivity contribution in [2.75, 3.05) is 17.3 Å². The fourth-order valence-electron chi connectivity index (χ4n) is 1.35. The Balaban J connectivity index is 2.42. The number of anilines is 1. The molecule has 1 aromatic carbocycles. The van der Waals surface area contributed by atoms with E-state index in [1.54, 1.807) is 6.07 Å². The molecule has 1 N–H and O–H groups in total. The first-order valence-corrected chi connectivity index (χ1v) is 5.00. The molecule has 3 heteroatoms. The second kappa shape index (κ2) is 2.90. The van der Waals surface area contributed by atoms with E-state index < -0.39 is 0 Å². The number of thioether (sulfide) groups is 1. The van der Waals surface area contributed by atoms with Gasteiger partial charge in [-0.25, -0.2) is 0 Å². The van der Waals surface area contributed by atoms with E-state index in [1.807, 2.05) is 23.9 Å². The molecule has 0 amide bonds. The average Bonchev–Trinajstić information content (AvgIpc) is 2.46. The van der Waals surface area contributed by atoms with Crippen LogP contribution in [0.1, 0.15) is 6.92 Å². The summed E-state index contributed by atoms with van der Waals surface area (Å²) in [6.45, 7) is 3.13. The molecule has 2 nitrogen and oxygen atoms in total. The van der Waals surface area contributed by atoms with Gasteiger partial charge in [0.15, 0.2) is 0 Å². The van der Waals surface area contributed by atoms with Crippen LogP contribution >= 0.6 is 11.8 Å². The van der Waals surface area contributed by atoms with Crippen molar-refractivity contribution in [2.45, 2.75) is 11.8 Å². The monoisotopic (exact) mass is 181 g/mol. The van der Waals surface area contributed by atoms with Gasteiger partial charge in [0, 0.05) is 17.5 Å². The minimum absolute atomic E-state index is 0.356. The number of rotatable bonds is 1. The zero-order chi connectivity index (χ0) is 8.55. The smallest absolute Gasteiger partial charge is 0.117 e. The van der Waals surface area contributed by atoms with Gasteiger partial charge in [-0.15, -0.1) is 11.8 Å². The molecular weight excluding hydrogens is 170 g/mol. The third kappa shape index (κ3) is 1.14. The second-order valence-corrected chi connectivity index (χ2v) is 3.77. The Hall–Kier alpha value is -0.830. The highest BCUT2D eigenvalue weighted by molar-refractivity contribution is 7.99. The van der Waals surface area contributed by atoms with E-state index in [4.69, 9.17) is 0 Å². The molecule has 2 rings (SSSR count). The van der Waals surface area contributed by atoms with E-state index in [2.05, 4.69) is 11.8 Å². The summed E-state index contributed by atoms with van der Waals surface area (Å²) in [5.74, 6) is 1.37. The van der Waals surface area contributed by atoms with Gasteiger partial charge in [-0.1, -0.05) is 0 Å². The van der Waals surface area contributed by atoms with E-state index in [1.165, 1.54) is 10.6 Å². The van der Waals surface area contributed by atoms with Crippen molar-refractivity contribution in [3.05, 3.63) is 18.2 Å².